The molecule has 1 N–H and O–H groups in total. The molecule has 4 heteroatoms. The summed E-state index contributed by atoms with van der Waals surface area (Å²) in [6.45, 7) is 19.1. The van der Waals surface area contributed by atoms with Crippen LogP contribution in [-0.4, -0.2) is 11.8 Å². The van der Waals surface area contributed by atoms with E-state index in [1.54, 1.807) is 0 Å². The zero-order valence-electron chi connectivity index (χ0n) is 35.1. The molecule has 1 aliphatic heterocycles. The van der Waals surface area contributed by atoms with E-state index in [0.717, 1.165) is 36.3 Å². The van der Waals surface area contributed by atoms with Crippen molar-refractivity contribution in [1.29, 1.82) is 0 Å². The summed E-state index contributed by atoms with van der Waals surface area (Å²) < 4.78 is 9.74. The van der Waals surface area contributed by atoms with Crippen molar-refractivity contribution in [3.05, 3.63) is 125 Å². The highest BCUT2D eigenvalue weighted by molar-refractivity contribution is 6.73. The molecule has 1 aliphatic carbocycles. The Balaban J connectivity index is 1.26. The summed E-state index contributed by atoms with van der Waals surface area (Å²) in [7, 11) is 0.729. The Morgan fingerprint density at radius 3 is 2.21 bits per heavy atom. The molecular formula is C53H55BN2O. The van der Waals surface area contributed by atoms with Crippen LogP contribution in [0.3, 0.4) is 0 Å². The summed E-state index contributed by atoms with van der Waals surface area (Å²) in [6.07, 6.45) is 7.25. The van der Waals surface area contributed by atoms with Crippen LogP contribution >= 0.6 is 0 Å². The first kappa shape index (κ1) is 36.1. The van der Waals surface area contributed by atoms with Gasteiger partial charge in [-0.05, 0) is 122 Å². The molecule has 8 aromatic rings. The molecule has 0 saturated carbocycles. The van der Waals surface area contributed by atoms with Crippen molar-refractivity contribution in [2.24, 2.45) is 0 Å². The molecule has 0 amide bonds. The van der Waals surface area contributed by atoms with E-state index in [-0.39, 0.29) is 16.2 Å². The highest BCUT2D eigenvalue weighted by atomic mass is 16.3. The number of unbranched alkanes of at least 4 members (excludes halogenated alkanes) is 2. The first-order chi connectivity index (χ1) is 27.3. The van der Waals surface area contributed by atoms with Crippen LogP contribution in [0, 0.1) is 0 Å². The summed E-state index contributed by atoms with van der Waals surface area (Å²) >= 11 is 0. The van der Waals surface area contributed by atoms with Crippen LogP contribution in [0.15, 0.2) is 108 Å². The first-order valence-electron chi connectivity index (χ1n) is 21.4. The Bertz CT molecular complexity index is 2900. The van der Waals surface area contributed by atoms with Gasteiger partial charge in [0.25, 0.3) is 0 Å². The number of nitrogens with zero attached hydrogens (tertiary/aromatic N) is 1. The van der Waals surface area contributed by atoms with Crippen molar-refractivity contribution in [3.63, 3.8) is 0 Å². The Kier molecular flexibility index (Phi) is 8.18. The zero-order chi connectivity index (χ0) is 39.4. The summed E-state index contributed by atoms with van der Waals surface area (Å²) in [5.41, 5.74) is 17.7. The van der Waals surface area contributed by atoms with Crippen molar-refractivity contribution < 1.29 is 4.42 Å². The van der Waals surface area contributed by atoms with E-state index >= 15 is 0 Å². The normalized spacial score (nSPS) is 15.6. The van der Waals surface area contributed by atoms with Gasteiger partial charge in [-0.25, -0.2) is 0 Å². The molecule has 3 heterocycles. The summed E-state index contributed by atoms with van der Waals surface area (Å²) in [5, 5.41) is 10.4. The number of rotatable bonds is 7. The van der Waals surface area contributed by atoms with Crippen LogP contribution in [0.25, 0.3) is 60.4 Å². The fourth-order valence-corrected chi connectivity index (χ4v) is 10.3. The van der Waals surface area contributed by atoms with E-state index in [0.29, 0.717) is 0 Å². The van der Waals surface area contributed by atoms with Crippen molar-refractivity contribution >= 4 is 73.3 Å². The van der Waals surface area contributed by atoms with E-state index in [1.807, 2.05) is 0 Å². The molecule has 2 aliphatic rings. The Morgan fingerprint density at radius 2 is 1.46 bits per heavy atom. The molecule has 0 spiro atoms. The molecule has 10 rings (SSSR count). The maximum atomic E-state index is 7.14. The number of furan rings is 1. The number of hydrogen-bond donors (Lipinski definition) is 1. The Labute approximate surface area is 338 Å². The van der Waals surface area contributed by atoms with Crippen LogP contribution in [0.2, 0.25) is 0 Å². The van der Waals surface area contributed by atoms with Gasteiger partial charge in [0.1, 0.15) is 5.58 Å². The van der Waals surface area contributed by atoms with E-state index in [2.05, 4.69) is 168 Å². The minimum atomic E-state index is -0.118. The minimum absolute atomic E-state index is 0.0959. The molecule has 0 radical (unpaired) electrons. The van der Waals surface area contributed by atoms with E-state index in [9.17, 15) is 0 Å². The number of fused-ring (bicyclic) bond motifs is 10. The maximum absolute atomic E-state index is 7.14. The second-order valence-corrected chi connectivity index (χ2v) is 19.5. The SMILES string of the molecule is CCCCCc1ccc(Nc2ccccc2-c2cc(C(C)(C)C)c3c4c5ccccc5ccc4n4c3c2Bc2oc3cc5c(cc3c2-4)C(C)(C)CCC5(C)C)cc1. The largest absolute Gasteiger partial charge is 0.469 e. The molecule has 0 unspecified atom stereocenters. The molecular weight excluding hydrogens is 691 g/mol. The van der Waals surface area contributed by atoms with Crippen molar-refractivity contribution in [2.45, 2.75) is 110 Å². The Morgan fingerprint density at radius 1 is 0.737 bits per heavy atom. The molecule has 0 atom stereocenters. The van der Waals surface area contributed by atoms with Gasteiger partial charge in [0, 0.05) is 38.6 Å². The van der Waals surface area contributed by atoms with Gasteiger partial charge in [-0.15, -0.1) is 0 Å². The van der Waals surface area contributed by atoms with E-state index in [4.69, 9.17) is 4.42 Å². The number of aromatic nitrogens is 1. The van der Waals surface area contributed by atoms with Gasteiger partial charge < -0.3 is 14.3 Å². The highest BCUT2D eigenvalue weighted by Gasteiger charge is 2.40. The minimum Gasteiger partial charge on any atom is -0.469 e. The summed E-state index contributed by atoms with van der Waals surface area (Å²) in [4.78, 5) is 0. The lowest BCUT2D eigenvalue weighted by molar-refractivity contribution is 0.332. The summed E-state index contributed by atoms with van der Waals surface area (Å²) in [6, 6.07) is 39.1. The summed E-state index contributed by atoms with van der Waals surface area (Å²) in [5.74, 6) is 0. The fourth-order valence-electron chi connectivity index (χ4n) is 10.3. The third-order valence-corrected chi connectivity index (χ3v) is 13.6. The first-order valence-corrected chi connectivity index (χ1v) is 21.4. The number of benzene rings is 6. The van der Waals surface area contributed by atoms with Gasteiger partial charge in [0.15, 0.2) is 0 Å². The fraction of sp³-hybridized carbons (Fsp3) is 0.321. The predicted octanol–water partition coefficient (Wildman–Crippen LogP) is 13.2. The van der Waals surface area contributed by atoms with Gasteiger partial charge in [-0.3, -0.25) is 0 Å². The third kappa shape index (κ3) is 5.69. The molecule has 2 aromatic heterocycles. The van der Waals surface area contributed by atoms with Crippen molar-refractivity contribution in [1.82, 2.24) is 4.57 Å². The molecule has 6 aromatic carbocycles. The third-order valence-electron chi connectivity index (χ3n) is 13.6. The average molecular weight is 747 g/mol. The van der Waals surface area contributed by atoms with Crippen LogP contribution in [0.1, 0.15) is 110 Å². The second kappa shape index (κ2) is 12.9. The topological polar surface area (TPSA) is 30.1 Å². The number of aryl methyl sites for hydroxylation is 1. The number of para-hydroxylation sites is 1. The van der Waals surface area contributed by atoms with Gasteiger partial charge in [0.2, 0.25) is 7.28 Å². The standard InChI is InChI=1S/C53H55BN2O/c1-9-10-11-16-32-21-24-34(25-22-32)55-42-20-15-14-19-36(42)37-29-41(51(2,3)4)46-45-35-18-13-12-17-33(35)23-26-43(45)56-48-38-30-39-40(53(7,8)28-27-52(39,5)6)31-44(38)57-50(48)54-47(37)49(46)56/h12-15,17-26,29-31,54-55H,9-11,16,27-28H2,1-8H3. The number of anilines is 2. The lowest BCUT2D eigenvalue weighted by Crippen LogP contribution is -2.36. The van der Waals surface area contributed by atoms with Crippen LogP contribution in [0.4, 0.5) is 11.4 Å². The number of hydrogen-bond acceptors (Lipinski definition) is 2. The molecule has 0 bridgehead atoms. The molecule has 57 heavy (non-hydrogen) atoms. The lowest BCUT2D eigenvalue weighted by Gasteiger charge is -2.41. The predicted molar refractivity (Wildman–Crippen MR) is 247 cm³/mol. The van der Waals surface area contributed by atoms with Gasteiger partial charge in [0.05, 0.1) is 16.9 Å². The van der Waals surface area contributed by atoms with Gasteiger partial charge in [-0.1, -0.05) is 135 Å². The van der Waals surface area contributed by atoms with Gasteiger partial charge in [-0.2, -0.15) is 0 Å². The second-order valence-electron chi connectivity index (χ2n) is 19.5. The molecule has 3 nitrogen and oxygen atoms in total. The van der Waals surface area contributed by atoms with Gasteiger partial charge >= 0.3 is 0 Å². The quantitative estimate of drug-likeness (QED) is 0.130. The zero-order valence-corrected chi connectivity index (χ0v) is 35.1. The average Bonchev–Trinajstić information content (AvgIpc) is 3.73. The molecule has 0 fully saturated rings. The monoisotopic (exact) mass is 746 g/mol. The smallest absolute Gasteiger partial charge is 0.244 e. The van der Waals surface area contributed by atoms with Crippen LogP contribution < -0.4 is 16.4 Å². The van der Waals surface area contributed by atoms with Crippen molar-refractivity contribution in [2.75, 3.05) is 5.32 Å². The lowest BCUT2D eigenvalue weighted by atomic mass is 9.61. The molecule has 0 saturated heterocycles. The van der Waals surface area contributed by atoms with E-state index < -0.39 is 0 Å². The maximum Gasteiger partial charge on any atom is 0.244 e. The van der Waals surface area contributed by atoms with Crippen molar-refractivity contribution in [3.8, 4) is 16.8 Å². The molecule has 286 valence electrons. The highest BCUT2D eigenvalue weighted by Crippen LogP contribution is 2.50. The Hall–Kier alpha value is -5.22. The van der Waals surface area contributed by atoms with E-state index in [1.165, 1.54) is 115 Å². The van der Waals surface area contributed by atoms with Crippen LogP contribution in [0.5, 0.6) is 0 Å². The number of nitrogens with one attached hydrogen (secondary N) is 1. The van der Waals surface area contributed by atoms with Crippen LogP contribution in [-0.2, 0) is 22.7 Å².